The standard InChI is InChI=1S/C15H13ClN4O/c1-8-5-12(21)11(7-18-8)14-13(15(17)20-19-14)9-3-2-4-10(16)6-9/h2-7H,1H3,(H,18,21)(H3,17,19,20). The molecule has 0 saturated heterocycles. The number of pyridine rings is 1. The van der Waals surface area contributed by atoms with Gasteiger partial charge in [-0.2, -0.15) is 5.10 Å². The molecule has 1 aromatic carbocycles. The predicted octanol–water partition coefficient (Wildman–Crippen LogP) is 2.98. The van der Waals surface area contributed by atoms with Crippen molar-refractivity contribution in [1.29, 1.82) is 0 Å². The number of nitrogen functional groups attached to an aromatic ring is 1. The number of H-pyrrole nitrogens is 2. The molecular weight excluding hydrogens is 288 g/mol. The minimum absolute atomic E-state index is 0.0989. The highest BCUT2D eigenvalue weighted by atomic mass is 35.5. The third-order valence-corrected chi connectivity index (χ3v) is 3.47. The SMILES string of the molecule is Cc1cc(=O)c(-c2[nH]nc(N)c2-c2cccc(Cl)c2)c[nH]1. The number of anilines is 1. The number of aryl methyl sites for hydroxylation is 1. The zero-order valence-electron chi connectivity index (χ0n) is 11.3. The number of nitrogens with zero attached hydrogens (tertiary/aromatic N) is 1. The first-order valence-corrected chi connectivity index (χ1v) is 6.73. The van der Waals surface area contributed by atoms with Gasteiger partial charge in [0.15, 0.2) is 11.2 Å². The van der Waals surface area contributed by atoms with Gasteiger partial charge in [0.05, 0.1) is 16.8 Å². The highest BCUT2D eigenvalue weighted by Crippen LogP contribution is 2.34. The van der Waals surface area contributed by atoms with E-state index < -0.39 is 0 Å². The Morgan fingerprint density at radius 1 is 1.29 bits per heavy atom. The number of aromatic nitrogens is 3. The molecule has 5 nitrogen and oxygen atoms in total. The smallest absolute Gasteiger partial charge is 0.191 e. The molecule has 3 rings (SSSR count). The summed E-state index contributed by atoms with van der Waals surface area (Å²) >= 11 is 6.03. The number of rotatable bonds is 2. The number of halogens is 1. The summed E-state index contributed by atoms with van der Waals surface area (Å²) in [6, 6.07) is 8.80. The molecule has 0 bridgehead atoms. The van der Waals surface area contributed by atoms with E-state index in [1.54, 1.807) is 18.3 Å². The van der Waals surface area contributed by atoms with Crippen LogP contribution < -0.4 is 11.2 Å². The summed E-state index contributed by atoms with van der Waals surface area (Å²) in [5, 5.41) is 7.44. The van der Waals surface area contributed by atoms with Crippen LogP contribution in [0, 0.1) is 6.92 Å². The summed E-state index contributed by atoms with van der Waals surface area (Å²) in [6.07, 6.45) is 1.65. The lowest BCUT2D eigenvalue weighted by atomic mass is 10.0. The zero-order valence-corrected chi connectivity index (χ0v) is 12.0. The van der Waals surface area contributed by atoms with Gasteiger partial charge in [0.25, 0.3) is 0 Å². The first-order chi connectivity index (χ1) is 10.1. The molecule has 0 aliphatic rings. The summed E-state index contributed by atoms with van der Waals surface area (Å²) in [7, 11) is 0. The maximum Gasteiger partial charge on any atom is 0.191 e. The molecule has 0 spiro atoms. The number of hydrogen-bond donors (Lipinski definition) is 3. The van der Waals surface area contributed by atoms with Crippen LogP contribution >= 0.6 is 11.6 Å². The molecule has 4 N–H and O–H groups in total. The second-order valence-electron chi connectivity index (χ2n) is 4.76. The monoisotopic (exact) mass is 300 g/mol. The van der Waals surface area contributed by atoms with Crippen molar-refractivity contribution in [3.05, 3.63) is 57.5 Å². The van der Waals surface area contributed by atoms with Crippen molar-refractivity contribution in [3.63, 3.8) is 0 Å². The molecule has 2 heterocycles. The van der Waals surface area contributed by atoms with Gasteiger partial charge in [0.2, 0.25) is 0 Å². The highest BCUT2D eigenvalue weighted by Gasteiger charge is 2.17. The normalized spacial score (nSPS) is 10.8. The number of hydrogen-bond acceptors (Lipinski definition) is 3. The number of nitrogens with one attached hydrogen (secondary N) is 2. The maximum atomic E-state index is 12.2. The summed E-state index contributed by atoms with van der Waals surface area (Å²) in [5.74, 6) is 0.326. The second kappa shape index (κ2) is 5.10. The van der Waals surface area contributed by atoms with Crippen molar-refractivity contribution >= 4 is 17.4 Å². The Morgan fingerprint density at radius 3 is 2.81 bits per heavy atom. The van der Waals surface area contributed by atoms with E-state index in [2.05, 4.69) is 15.2 Å². The Balaban J connectivity index is 2.24. The Hall–Kier alpha value is -2.53. The van der Waals surface area contributed by atoms with Crippen LogP contribution in [0.25, 0.3) is 22.4 Å². The van der Waals surface area contributed by atoms with E-state index in [1.165, 1.54) is 6.07 Å². The number of benzene rings is 1. The summed E-state index contributed by atoms with van der Waals surface area (Å²) in [4.78, 5) is 15.2. The third-order valence-electron chi connectivity index (χ3n) is 3.23. The molecule has 6 heteroatoms. The van der Waals surface area contributed by atoms with Crippen molar-refractivity contribution in [2.75, 3.05) is 5.73 Å². The minimum Gasteiger partial charge on any atom is -0.382 e. The minimum atomic E-state index is -0.0989. The van der Waals surface area contributed by atoms with Crippen molar-refractivity contribution < 1.29 is 0 Å². The highest BCUT2D eigenvalue weighted by molar-refractivity contribution is 6.30. The van der Waals surface area contributed by atoms with Crippen LogP contribution in [0.1, 0.15) is 5.69 Å². The Labute approximate surface area is 125 Å². The summed E-state index contributed by atoms with van der Waals surface area (Å²) in [6.45, 7) is 1.82. The van der Waals surface area contributed by atoms with Gasteiger partial charge >= 0.3 is 0 Å². The second-order valence-corrected chi connectivity index (χ2v) is 5.20. The van der Waals surface area contributed by atoms with Gasteiger partial charge in [-0.25, -0.2) is 0 Å². The average Bonchev–Trinajstić information content (AvgIpc) is 2.80. The fraction of sp³-hybridized carbons (Fsp3) is 0.0667. The molecule has 0 atom stereocenters. The number of aromatic amines is 2. The molecule has 0 aliphatic heterocycles. The Morgan fingerprint density at radius 2 is 2.10 bits per heavy atom. The molecule has 0 unspecified atom stereocenters. The van der Waals surface area contributed by atoms with Crippen molar-refractivity contribution in [2.24, 2.45) is 0 Å². The van der Waals surface area contributed by atoms with Gasteiger partial charge in [-0.1, -0.05) is 23.7 Å². The zero-order chi connectivity index (χ0) is 15.0. The van der Waals surface area contributed by atoms with Crippen molar-refractivity contribution in [2.45, 2.75) is 6.92 Å². The third kappa shape index (κ3) is 2.43. The Kier molecular flexibility index (Phi) is 3.27. The van der Waals surface area contributed by atoms with E-state index in [1.807, 2.05) is 19.1 Å². The molecule has 2 aromatic heterocycles. The molecule has 21 heavy (non-hydrogen) atoms. The van der Waals surface area contributed by atoms with Crippen molar-refractivity contribution in [3.8, 4) is 22.4 Å². The predicted molar refractivity (Wildman–Crippen MR) is 84.2 cm³/mol. The molecule has 0 aliphatic carbocycles. The van der Waals surface area contributed by atoms with Crippen LogP contribution in [0.4, 0.5) is 5.82 Å². The molecule has 0 fully saturated rings. The van der Waals surface area contributed by atoms with Gasteiger partial charge in [0, 0.05) is 23.0 Å². The van der Waals surface area contributed by atoms with Crippen LogP contribution in [0.3, 0.4) is 0 Å². The topological polar surface area (TPSA) is 87.6 Å². The fourth-order valence-electron chi connectivity index (χ4n) is 2.26. The first kappa shape index (κ1) is 13.5. The molecular formula is C15H13ClN4O. The van der Waals surface area contributed by atoms with Crippen LogP contribution in [-0.4, -0.2) is 15.2 Å². The fourth-order valence-corrected chi connectivity index (χ4v) is 2.45. The molecule has 106 valence electrons. The lowest BCUT2D eigenvalue weighted by Gasteiger charge is -2.05. The van der Waals surface area contributed by atoms with Gasteiger partial charge < -0.3 is 10.7 Å². The van der Waals surface area contributed by atoms with E-state index in [4.69, 9.17) is 17.3 Å². The molecule has 0 saturated carbocycles. The lowest BCUT2D eigenvalue weighted by Crippen LogP contribution is -2.06. The van der Waals surface area contributed by atoms with Gasteiger partial charge in [-0.15, -0.1) is 0 Å². The first-order valence-electron chi connectivity index (χ1n) is 6.36. The summed E-state index contributed by atoms with van der Waals surface area (Å²) in [5.41, 5.74) is 9.18. The van der Waals surface area contributed by atoms with Gasteiger partial charge in [0.1, 0.15) is 0 Å². The van der Waals surface area contributed by atoms with E-state index in [0.717, 1.165) is 11.3 Å². The van der Waals surface area contributed by atoms with E-state index >= 15 is 0 Å². The van der Waals surface area contributed by atoms with Crippen LogP contribution in [0.5, 0.6) is 0 Å². The van der Waals surface area contributed by atoms with Gasteiger partial charge in [-0.05, 0) is 24.6 Å². The van der Waals surface area contributed by atoms with Crippen molar-refractivity contribution in [1.82, 2.24) is 15.2 Å². The van der Waals surface area contributed by atoms with Crippen LogP contribution in [0.2, 0.25) is 5.02 Å². The maximum absolute atomic E-state index is 12.2. The van der Waals surface area contributed by atoms with E-state index in [0.29, 0.717) is 27.7 Å². The number of nitrogens with two attached hydrogens (primary N) is 1. The van der Waals surface area contributed by atoms with Crippen LogP contribution in [-0.2, 0) is 0 Å². The van der Waals surface area contributed by atoms with Gasteiger partial charge in [-0.3, -0.25) is 9.89 Å². The van der Waals surface area contributed by atoms with Crippen LogP contribution in [0.15, 0.2) is 41.3 Å². The van der Waals surface area contributed by atoms with E-state index in [-0.39, 0.29) is 5.43 Å². The largest absolute Gasteiger partial charge is 0.382 e. The lowest BCUT2D eigenvalue weighted by molar-refractivity contribution is 1.09. The molecule has 0 amide bonds. The quantitative estimate of drug-likeness (QED) is 0.680. The average molecular weight is 301 g/mol. The molecule has 3 aromatic rings. The molecule has 0 radical (unpaired) electrons. The van der Waals surface area contributed by atoms with E-state index in [9.17, 15) is 4.79 Å². The summed E-state index contributed by atoms with van der Waals surface area (Å²) < 4.78 is 0. The Bertz CT molecular complexity index is 866.